The summed E-state index contributed by atoms with van der Waals surface area (Å²) in [5.74, 6) is -0.718. The van der Waals surface area contributed by atoms with E-state index in [-0.39, 0.29) is 24.5 Å². The molecule has 0 aliphatic rings. The van der Waals surface area contributed by atoms with Gasteiger partial charge in [0.1, 0.15) is 18.2 Å². The number of hydrogen-bond acceptors (Lipinski definition) is 7. The molecule has 0 N–H and O–H groups in total. The highest BCUT2D eigenvalue weighted by atomic mass is 32.1. The van der Waals surface area contributed by atoms with Gasteiger partial charge in [0.05, 0.1) is 11.5 Å². The molecule has 8 heteroatoms. The van der Waals surface area contributed by atoms with E-state index in [1.54, 1.807) is 24.3 Å². The quantitative estimate of drug-likeness (QED) is 0.188. The molecule has 0 amide bonds. The Morgan fingerprint density at radius 3 is 2.84 bits per heavy atom. The number of nitrogens with zero attached hydrogens (tertiary/aromatic N) is 2. The molecule has 0 aliphatic heterocycles. The normalized spacial score (nSPS) is 11.0. The summed E-state index contributed by atoms with van der Waals surface area (Å²) in [5.41, 5.74) is 0.575. The molecule has 1 heterocycles. The maximum Gasteiger partial charge on any atom is 0.349 e. The van der Waals surface area contributed by atoms with Crippen molar-refractivity contribution in [3.05, 3.63) is 57.0 Å². The second-order valence-electron chi connectivity index (χ2n) is 4.81. The lowest BCUT2D eigenvalue weighted by Crippen LogP contribution is -2.10. The Kier molecular flexibility index (Phi) is 6.39. The number of nitro benzene ring substituents is 1. The smallest absolute Gasteiger partial charge is 0.349 e. The maximum absolute atomic E-state index is 11.8. The molecule has 2 aromatic rings. The summed E-state index contributed by atoms with van der Waals surface area (Å²) >= 11 is 1.31. The Hall–Kier alpha value is -3.02. The van der Waals surface area contributed by atoms with E-state index in [0.29, 0.717) is 10.4 Å². The molecule has 0 saturated heterocycles. The molecule has 1 aromatic carbocycles. The summed E-state index contributed by atoms with van der Waals surface area (Å²) in [5, 5.41) is 20.0. The third-order valence-corrected chi connectivity index (χ3v) is 4.20. The molecule has 7 nitrogen and oxygen atoms in total. The maximum atomic E-state index is 11.8. The number of benzene rings is 1. The predicted octanol–water partition coefficient (Wildman–Crippen LogP) is 3.42. The van der Waals surface area contributed by atoms with Gasteiger partial charge in [-0.2, -0.15) is 5.26 Å². The Balaban J connectivity index is 2.19. The molecule has 0 aliphatic carbocycles. The average Bonchev–Trinajstić information content (AvgIpc) is 3.08. The van der Waals surface area contributed by atoms with Crippen molar-refractivity contribution >= 4 is 29.1 Å². The Morgan fingerprint density at radius 2 is 2.16 bits per heavy atom. The Bertz CT molecular complexity index is 851. The van der Waals surface area contributed by atoms with Crippen LogP contribution in [0.1, 0.15) is 4.88 Å². The van der Waals surface area contributed by atoms with Crippen molar-refractivity contribution in [2.45, 2.75) is 0 Å². The molecule has 25 heavy (non-hydrogen) atoms. The van der Waals surface area contributed by atoms with Gasteiger partial charge in [0.15, 0.2) is 0 Å². The van der Waals surface area contributed by atoms with Crippen LogP contribution in [0, 0.1) is 21.4 Å². The van der Waals surface area contributed by atoms with Gasteiger partial charge in [0.2, 0.25) is 0 Å². The SMILES string of the molecule is COCCOC(=O)/C(C#N)=C/c1ccc(-c2cccc([N+](=O)[O-])c2)s1. The highest BCUT2D eigenvalue weighted by Crippen LogP contribution is 2.31. The molecule has 0 unspecified atom stereocenters. The fourth-order valence-corrected chi connectivity index (χ4v) is 2.88. The topological polar surface area (TPSA) is 102 Å². The zero-order chi connectivity index (χ0) is 18.2. The van der Waals surface area contributed by atoms with Crippen LogP contribution in [0.2, 0.25) is 0 Å². The van der Waals surface area contributed by atoms with Gasteiger partial charge in [-0.05, 0) is 23.8 Å². The molecule has 0 radical (unpaired) electrons. The number of methoxy groups -OCH3 is 1. The molecular formula is C17H14N2O5S. The summed E-state index contributed by atoms with van der Waals surface area (Å²) in [6, 6.07) is 11.6. The highest BCUT2D eigenvalue weighted by Gasteiger charge is 2.12. The van der Waals surface area contributed by atoms with Crippen molar-refractivity contribution in [3.63, 3.8) is 0 Å². The van der Waals surface area contributed by atoms with Gasteiger partial charge in [-0.3, -0.25) is 10.1 Å². The standard InChI is InChI=1S/C17H14N2O5S/c1-23-7-8-24-17(20)13(11-18)10-15-5-6-16(25-15)12-3-2-4-14(9-12)19(21)22/h2-6,9-10H,7-8H2,1H3/b13-10+. The van der Waals surface area contributed by atoms with Crippen LogP contribution in [0.15, 0.2) is 42.0 Å². The van der Waals surface area contributed by atoms with Crippen LogP contribution in [-0.2, 0) is 14.3 Å². The summed E-state index contributed by atoms with van der Waals surface area (Å²) in [4.78, 5) is 23.7. The third kappa shape index (κ3) is 4.97. The summed E-state index contributed by atoms with van der Waals surface area (Å²) in [6.07, 6.45) is 1.43. The second-order valence-corrected chi connectivity index (χ2v) is 5.92. The van der Waals surface area contributed by atoms with E-state index in [4.69, 9.17) is 14.7 Å². The van der Waals surface area contributed by atoms with Crippen molar-refractivity contribution in [2.75, 3.05) is 20.3 Å². The number of ether oxygens (including phenoxy) is 2. The number of esters is 1. The fourth-order valence-electron chi connectivity index (χ4n) is 1.93. The number of thiophene rings is 1. The van der Waals surface area contributed by atoms with Gasteiger partial charge in [-0.15, -0.1) is 11.3 Å². The van der Waals surface area contributed by atoms with Crippen LogP contribution in [0.3, 0.4) is 0 Å². The van der Waals surface area contributed by atoms with Crippen molar-refractivity contribution < 1.29 is 19.2 Å². The lowest BCUT2D eigenvalue weighted by atomic mass is 10.1. The van der Waals surface area contributed by atoms with E-state index in [1.165, 1.54) is 36.7 Å². The van der Waals surface area contributed by atoms with E-state index in [9.17, 15) is 14.9 Å². The van der Waals surface area contributed by atoms with Crippen LogP contribution in [0.25, 0.3) is 16.5 Å². The van der Waals surface area contributed by atoms with Crippen LogP contribution in [0.4, 0.5) is 5.69 Å². The van der Waals surface area contributed by atoms with Crippen LogP contribution in [-0.4, -0.2) is 31.2 Å². The van der Waals surface area contributed by atoms with E-state index in [1.807, 2.05) is 6.07 Å². The molecule has 0 atom stereocenters. The minimum atomic E-state index is -0.718. The number of carbonyl (C=O) groups excluding carboxylic acids is 1. The third-order valence-electron chi connectivity index (χ3n) is 3.12. The number of nitriles is 1. The van der Waals surface area contributed by atoms with Gasteiger partial charge in [0, 0.05) is 29.0 Å². The molecule has 0 saturated carbocycles. The minimum Gasteiger partial charge on any atom is -0.459 e. The number of hydrogen-bond donors (Lipinski definition) is 0. The Morgan fingerprint density at radius 1 is 1.36 bits per heavy atom. The summed E-state index contributed by atoms with van der Waals surface area (Å²) in [6.45, 7) is 0.318. The lowest BCUT2D eigenvalue weighted by molar-refractivity contribution is -0.384. The van der Waals surface area contributed by atoms with E-state index in [2.05, 4.69) is 0 Å². The van der Waals surface area contributed by atoms with Crippen molar-refractivity contribution in [2.24, 2.45) is 0 Å². The Labute approximate surface area is 147 Å². The average molecular weight is 358 g/mol. The second kappa shape index (κ2) is 8.73. The summed E-state index contributed by atoms with van der Waals surface area (Å²) < 4.78 is 9.69. The first kappa shape index (κ1) is 18.3. The largest absolute Gasteiger partial charge is 0.459 e. The fraction of sp³-hybridized carbons (Fsp3) is 0.176. The monoisotopic (exact) mass is 358 g/mol. The zero-order valence-electron chi connectivity index (χ0n) is 13.3. The number of nitro groups is 1. The van der Waals surface area contributed by atoms with Gasteiger partial charge in [-0.25, -0.2) is 4.79 Å². The molecule has 0 fully saturated rings. The molecule has 1 aromatic heterocycles. The van der Waals surface area contributed by atoms with E-state index < -0.39 is 10.9 Å². The van der Waals surface area contributed by atoms with E-state index >= 15 is 0 Å². The minimum absolute atomic E-state index is 0.00225. The number of rotatable bonds is 7. The van der Waals surface area contributed by atoms with Crippen molar-refractivity contribution in [1.29, 1.82) is 5.26 Å². The molecular weight excluding hydrogens is 344 g/mol. The number of non-ortho nitro benzene ring substituents is 1. The van der Waals surface area contributed by atoms with Crippen molar-refractivity contribution in [1.82, 2.24) is 0 Å². The van der Waals surface area contributed by atoms with E-state index in [0.717, 1.165) is 4.88 Å². The van der Waals surface area contributed by atoms with Gasteiger partial charge in [-0.1, -0.05) is 12.1 Å². The highest BCUT2D eigenvalue weighted by molar-refractivity contribution is 7.16. The van der Waals surface area contributed by atoms with Gasteiger partial charge in [0.25, 0.3) is 5.69 Å². The van der Waals surface area contributed by atoms with Gasteiger partial charge >= 0.3 is 5.97 Å². The van der Waals surface area contributed by atoms with Gasteiger partial charge < -0.3 is 9.47 Å². The zero-order valence-corrected chi connectivity index (χ0v) is 14.1. The van der Waals surface area contributed by atoms with Crippen LogP contribution < -0.4 is 0 Å². The number of carbonyl (C=O) groups is 1. The first-order chi connectivity index (χ1) is 12.0. The lowest BCUT2D eigenvalue weighted by Gasteiger charge is -2.02. The van der Waals surface area contributed by atoms with Crippen molar-refractivity contribution in [3.8, 4) is 16.5 Å². The predicted molar refractivity (Wildman–Crippen MR) is 92.8 cm³/mol. The molecule has 0 bridgehead atoms. The van der Waals surface area contributed by atoms with Crippen LogP contribution >= 0.6 is 11.3 Å². The molecule has 128 valence electrons. The molecule has 0 spiro atoms. The first-order valence-electron chi connectivity index (χ1n) is 7.17. The molecule has 2 rings (SSSR count). The first-order valence-corrected chi connectivity index (χ1v) is 7.99. The summed E-state index contributed by atoms with van der Waals surface area (Å²) in [7, 11) is 1.48. The van der Waals surface area contributed by atoms with Crippen LogP contribution in [0.5, 0.6) is 0 Å².